The summed E-state index contributed by atoms with van der Waals surface area (Å²) in [5.41, 5.74) is 0. The lowest BCUT2D eigenvalue weighted by Crippen LogP contribution is -2.29. The molecule has 0 saturated carbocycles. The Morgan fingerprint density at radius 2 is 2.27 bits per heavy atom. The van der Waals surface area contributed by atoms with Gasteiger partial charge in [0.2, 0.25) is 0 Å². The molecule has 0 bridgehead atoms. The monoisotopic (exact) mass is 269 g/mol. The molecule has 2 rings (SSSR count). The third kappa shape index (κ3) is 3.50. The summed E-state index contributed by atoms with van der Waals surface area (Å²) < 4.78 is 6.99. The molecule has 0 aliphatic carbocycles. The van der Waals surface area contributed by atoms with E-state index in [1.807, 2.05) is 24.3 Å². The molecule has 1 saturated heterocycles. The van der Waals surface area contributed by atoms with Crippen molar-refractivity contribution in [1.82, 2.24) is 5.32 Å². The van der Waals surface area contributed by atoms with Crippen LogP contribution in [0.15, 0.2) is 28.7 Å². The Bertz CT molecular complexity index is 308. The largest absolute Gasteiger partial charge is 0.489 e. The van der Waals surface area contributed by atoms with E-state index in [2.05, 4.69) is 21.2 Å². The first-order valence-electron chi connectivity index (χ1n) is 5.47. The second-order valence-corrected chi connectivity index (χ2v) is 4.81. The highest BCUT2D eigenvalue weighted by Crippen LogP contribution is 2.20. The van der Waals surface area contributed by atoms with Crippen molar-refractivity contribution in [2.45, 2.75) is 25.4 Å². The van der Waals surface area contributed by atoms with Gasteiger partial charge >= 0.3 is 0 Å². The molecule has 1 aromatic carbocycles. The standard InChI is InChI=1S/C12H16BrNO/c13-10-4-3-6-11(8-10)15-12-5-1-2-7-14-9-12/h3-4,6,8,12,14H,1-2,5,7,9H2. The van der Waals surface area contributed by atoms with Gasteiger partial charge in [0.15, 0.2) is 0 Å². The average molecular weight is 270 g/mol. The minimum Gasteiger partial charge on any atom is -0.489 e. The van der Waals surface area contributed by atoms with E-state index >= 15 is 0 Å². The molecule has 2 nitrogen and oxygen atoms in total. The van der Waals surface area contributed by atoms with E-state index in [0.29, 0.717) is 6.10 Å². The summed E-state index contributed by atoms with van der Waals surface area (Å²) >= 11 is 3.45. The van der Waals surface area contributed by atoms with Gasteiger partial charge in [-0.05, 0) is 44.0 Å². The van der Waals surface area contributed by atoms with Crippen LogP contribution in [-0.4, -0.2) is 19.2 Å². The van der Waals surface area contributed by atoms with Crippen LogP contribution in [0, 0.1) is 0 Å². The molecule has 1 aromatic rings. The molecule has 0 aromatic heterocycles. The summed E-state index contributed by atoms with van der Waals surface area (Å²) in [7, 11) is 0. The van der Waals surface area contributed by atoms with Gasteiger partial charge in [-0.2, -0.15) is 0 Å². The van der Waals surface area contributed by atoms with Crippen molar-refractivity contribution in [3.8, 4) is 5.75 Å². The summed E-state index contributed by atoms with van der Waals surface area (Å²) in [6.45, 7) is 2.09. The van der Waals surface area contributed by atoms with Crippen molar-refractivity contribution in [2.24, 2.45) is 0 Å². The van der Waals surface area contributed by atoms with E-state index in [4.69, 9.17) is 4.74 Å². The lowest BCUT2D eigenvalue weighted by Gasteiger charge is -2.17. The van der Waals surface area contributed by atoms with E-state index in [9.17, 15) is 0 Å². The van der Waals surface area contributed by atoms with Crippen molar-refractivity contribution < 1.29 is 4.74 Å². The summed E-state index contributed by atoms with van der Waals surface area (Å²) in [5, 5.41) is 3.40. The minimum atomic E-state index is 0.321. The first-order chi connectivity index (χ1) is 7.34. The van der Waals surface area contributed by atoms with Crippen LogP contribution in [0.3, 0.4) is 0 Å². The predicted molar refractivity (Wildman–Crippen MR) is 65.3 cm³/mol. The highest BCUT2D eigenvalue weighted by atomic mass is 79.9. The average Bonchev–Trinajstić information content (AvgIpc) is 2.46. The zero-order valence-electron chi connectivity index (χ0n) is 8.71. The Hall–Kier alpha value is -0.540. The highest BCUT2D eigenvalue weighted by molar-refractivity contribution is 9.10. The Kier molecular flexibility index (Phi) is 4.03. The summed E-state index contributed by atoms with van der Waals surface area (Å²) in [5.74, 6) is 0.957. The van der Waals surface area contributed by atoms with Crippen LogP contribution in [0.1, 0.15) is 19.3 Å². The third-order valence-electron chi connectivity index (χ3n) is 2.60. The maximum Gasteiger partial charge on any atom is 0.120 e. The maximum atomic E-state index is 5.92. The molecule has 0 amide bonds. The van der Waals surface area contributed by atoms with Crippen molar-refractivity contribution in [3.05, 3.63) is 28.7 Å². The molecule has 15 heavy (non-hydrogen) atoms. The Balaban J connectivity index is 1.95. The quantitative estimate of drug-likeness (QED) is 0.892. The van der Waals surface area contributed by atoms with Crippen LogP contribution in [0.25, 0.3) is 0 Å². The molecule has 3 heteroatoms. The predicted octanol–water partition coefficient (Wildman–Crippen LogP) is 2.97. The molecule has 0 spiro atoms. The fourth-order valence-corrected chi connectivity index (χ4v) is 2.20. The van der Waals surface area contributed by atoms with Gasteiger partial charge in [0, 0.05) is 11.0 Å². The smallest absolute Gasteiger partial charge is 0.120 e. The van der Waals surface area contributed by atoms with E-state index in [0.717, 1.165) is 29.7 Å². The van der Waals surface area contributed by atoms with Crippen molar-refractivity contribution in [3.63, 3.8) is 0 Å². The molecular formula is C12H16BrNO. The van der Waals surface area contributed by atoms with Crippen LogP contribution in [0.2, 0.25) is 0 Å². The van der Waals surface area contributed by atoms with E-state index in [-0.39, 0.29) is 0 Å². The number of hydrogen-bond acceptors (Lipinski definition) is 2. The number of halogens is 1. The first kappa shape index (κ1) is 11.0. The fourth-order valence-electron chi connectivity index (χ4n) is 1.82. The maximum absolute atomic E-state index is 5.92. The Labute approximate surface area is 99.1 Å². The molecule has 1 fully saturated rings. The van der Waals surface area contributed by atoms with Gasteiger partial charge in [0.25, 0.3) is 0 Å². The van der Waals surface area contributed by atoms with Gasteiger partial charge in [0.05, 0.1) is 0 Å². The molecule has 0 radical (unpaired) electrons. The molecule has 1 N–H and O–H groups in total. The Morgan fingerprint density at radius 1 is 1.33 bits per heavy atom. The number of nitrogens with one attached hydrogen (secondary N) is 1. The van der Waals surface area contributed by atoms with E-state index < -0.39 is 0 Å². The molecule has 1 atom stereocenters. The number of benzene rings is 1. The van der Waals surface area contributed by atoms with Gasteiger partial charge in [-0.25, -0.2) is 0 Å². The van der Waals surface area contributed by atoms with Crippen LogP contribution >= 0.6 is 15.9 Å². The Morgan fingerprint density at radius 3 is 3.13 bits per heavy atom. The van der Waals surface area contributed by atoms with Gasteiger partial charge in [-0.3, -0.25) is 0 Å². The van der Waals surface area contributed by atoms with Crippen molar-refractivity contribution in [2.75, 3.05) is 13.1 Å². The normalized spacial score (nSPS) is 22.1. The SMILES string of the molecule is Brc1cccc(OC2CCCCNC2)c1. The zero-order chi connectivity index (χ0) is 10.5. The second-order valence-electron chi connectivity index (χ2n) is 3.90. The summed E-state index contributed by atoms with van der Waals surface area (Å²) in [6, 6.07) is 8.04. The van der Waals surface area contributed by atoms with Crippen LogP contribution in [0.4, 0.5) is 0 Å². The lowest BCUT2D eigenvalue weighted by molar-refractivity contribution is 0.194. The number of ether oxygens (including phenoxy) is 1. The van der Waals surface area contributed by atoms with E-state index in [1.165, 1.54) is 12.8 Å². The summed E-state index contributed by atoms with van der Waals surface area (Å²) in [4.78, 5) is 0. The molecule has 82 valence electrons. The van der Waals surface area contributed by atoms with Crippen molar-refractivity contribution >= 4 is 15.9 Å². The number of hydrogen-bond donors (Lipinski definition) is 1. The lowest BCUT2D eigenvalue weighted by atomic mass is 10.2. The second kappa shape index (κ2) is 5.52. The van der Waals surface area contributed by atoms with Gasteiger partial charge in [0.1, 0.15) is 11.9 Å². The topological polar surface area (TPSA) is 21.3 Å². The van der Waals surface area contributed by atoms with E-state index in [1.54, 1.807) is 0 Å². The zero-order valence-corrected chi connectivity index (χ0v) is 10.3. The minimum absolute atomic E-state index is 0.321. The third-order valence-corrected chi connectivity index (χ3v) is 3.09. The number of rotatable bonds is 2. The molecule has 1 aliphatic rings. The van der Waals surface area contributed by atoms with Gasteiger partial charge in [-0.15, -0.1) is 0 Å². The summed E-state index contributed by atoms with van der Waals surface area (Å²) in [6.07, 6.45) is 3.99. The van der Waals surface area contributed by atoms with Crippen LogP contribution < -0.4 is 10.1 Å². The van der Waals surface area contributed by atoms with Crippen LogP contribution in [-0.2, 0) is 0 Å². The molecule has 1 aliphatic heterocycles. The fraction of sp³-hybridized carbons (Fsp3) is 0.500. The van der Waals surface area contributed by atoms with Crippen molar-refractivity contribution in [1.29, 1.82) is 0 Å². The highest BCUT2D eigenvalue weighted by Gasteiger charge is 2.12. The molecule has 1 unspecified atom stereocenters. The van der Waals surface area contributed by atoms with Crippen LogP contribution in [0.5, 0.6) is 5.75 Å². The first-order valence-corrected chi connectivity index (χ1v) is 6.27. The molecule has 1 heterocycles. The molecular weight excluding hydrogens is 254 g/mol. The van der Waals surface area contributed by atoms with Gasteiger partial charge in [-0.1, -0.05) is 22.0 Å². The van der Waals surface area contributed by atoms with Gasteiger partial charge < -0.3 is 10.1 Å².